The molecule has 1 aromatic rings. The number of rotatable bonds is 1. The summed E-state index contributed by atoms with van der Waals surface area (Å²) in [6.45, 7) is 0. The fourth-order valence-electron chi connectivity index (χ4n) is 0.476. The van der Waals surface area contributed by atoms with Crippen LogP contribution in [0.1, 0.15) is 4.88 Å². The predicted molar refractivity (Wildman–Crippen MR) is 44.1 cm³/mol. The Morgan fingerprint density at radius 3 is 2.60 bits per heavy atom. The van der Waals surface area contributed by atoms with Crippen molar-refractivity contribution >= 4 is 28.7 Å². The first-order chi connectivity index (χ1) is 4.36. The van der Waals surface area contributed by atoms with Crippen LogP contribution in [-0.2, 0) is 0 Å². The summed E-state index contributed by atoms with van der Waals surface area (Å²) in [5, 5.41) is 9.15. The average Bonchev–Trinajstić information content (AvgIpc) is 2.34. The number of hydrazine groups is 1. The summed E-state index contributed by atoms with van der Waals surface area (Å²) in [7, 11) is 0. The smallest absolute Gasteiger partial charge is 0.110 e. The summed E-state index contributed by atoms with van der Waals surface area (Å²) in [5.41, 5.74) is 2.45. The van der Waals surface area contributed by atoms with Crippen molar-refractivity contribution in [2.45, 2.75) is 0 Å². The molecule has 1 rings (SSSR count). The van der Waals surface area contributed by atoms with E-state index in [9.17, 15) is 0 Å². The molecule has 0 aliphatic heterocycles. The third-order valence-electron chi connectivity index (χ3n) is 0.858. The molecular weight excluding hydrogens is 170 g/mol. The molecule has 1 aromatic heterocycles. The second-order valence-electron chi connectivity index (χ2n) is 1.42. The monoisotopic (exact) mass is 175 g/mol. The van der Waals surface area contributed by atoms with E-state index in [-0.39, 0.29) is 12.4 Å². The summed E-state index contributed by atoms with van der Waals surface area (Å²) in [4.78, 5) is 0.669. The Kier molecular flexibility index (Phi) is 3.81. The van der Waals surface area contributed by atoms with Crippen molar-refractivity contribution in [3.8, 4) is 6.07 Å². The maximum absolute atomic E-state index is 8.34. The summed E-state index contributed by atoms with van der Waals surface area (Å²) in [5.74, 6) is 5.07. The SMILES string of the molecule is Cl.N#Cc1ccc(NN)s1. The Labute approximate surface area is 68.8 Å². The number of nitrogen functional groups attached to an aromatic ring is 1. The third kappa shape index (κ3) is 1.88. The molecule has 0 saturated heterocycles. The highest BCUT2D eigenvalue weighted by molar-refractivity contribution is 7.16. The van der Waals surface area contributed by atoms with Gasteiger partial charge in [0, 0.05) is 0 Å². The van der Waals surface area contributed by atoms with Crippen LogP contribution < -0.4 is 11.3 Å². The van der Waals surface area contributed by atoms with Gasteiger partial charge in [-0.2, -0.15) is 5.26 Å². The number of halogens is 1. The van der Waals surface area contributed by atoms with E-state index in [1.807, 2.05) is 6.07 Å². The maximum Gasteiger partial charge on any atom is 0.110 e. The van der Waals surface area contributed by atoms with Crippen LogP contribution >= 0.6 is 23.7 Å². The third-order valence-corrected chi connectivity index (χ3v) is 1.78. The number of thiophene rings is 1. The Hall–Kier alpha value is -0.760. The van der Waals surface area contributed by atoms with Gasteiger partial charge in [0.05, 0.1) is 0 Å². The molecule has 0 radical (unpaired) electrons. The van der Waals surface area contributed by atoms with Gasteiger partial charge in [0.15, 0.2) is 0 Å². The van der Waals surface area contributed by atoms with Gasteiger partial charge in [0.1, 0.15) is 15.9 Å². The van der Waals surface area contributed by atoms with Crippen LogP contribution in [0.3, 0.4) is 0 Å². The molecule has 0 saturated carbocycles. The molecule has 0 aliphatic carbocycles. The highest BCUT2D eigenvalue weighted by Crippen LogP contribution is 2.18. The summed E-state index contributed by atoms with van der Waals surface area (Å²) >= 11 is 1.34. The molecule has 0 aromatic carbocycles. The Balaban J connectivity index is 0.000000810. The predicted octanol–water partition coefficient (Wildman–Crippen LogP) is 1.33. The largest absolute Gasteiger partial charge is 0.315 e. The van der Waals surface area contributed by atoms with Gasteiger partial charge in [-0.3, -0.25) is 0 Å². The summed E-state index contributed by atoms with van der Waals surface area (Å²) in [6, 6.07) is 5.49. The van der Waals surface area contributed by atoms with Gasteiger partial charge < -0.3 is 5.43 Å². The van der Waals surface area contributed by atoms with E-state index in [0.29, 0.717) is 4.88 Å². The van der Waals surface area contributed by atoms with Crippen molar-refractivity contribution < 1.29 is 0 Å². The molecule has 0 bridgehead atoms. The number of nitrogens with two attached hydrogens (primary N) is 1. The van der Waals surface area contributed by atoms with Crippen molar-refractivity contribution in [2.75, 3.05) is 5.43 Å². The first kappa shape index (κ1) is 9.24. The number of anilines is 1. The Morgan fingerprint density at radius 2 is 2.30 bits per heavy atom. The molecule has 0 aliphatic rings. The summed E-state index contributed by atoms with van der Waals surface area (Å²) < 4.78 is 0. The van der Waals surface area contributed by atoms with Crippen LogP contribution in [0.4, 0.5) is 5.00 Å². The second kappa shape index (κ2) is 4.12. The fourth-order valence-corrected chi connectivity index (χ4v) is 1.09. The lowest BCUT2D eigenvalue weighted by molar-refractivity contribution is 1.39. The molecule has 0 fully saturated rings. The lowest BCUT2D eigenvalue weighted by Gasteiger charge is -1.86. The van der Waals surface area contributed by atoms with E-state index in [4.69, 9.17) is 11.1 Å². The van der Waals surface area contributed by atoms with Gasteiger partial charge in [0.2, 0.25) is 0 Å². The number of hydrogen-bond acceptors (Lipinski definition) is 4. The van der Waals surface area contributed by atoms with E-state index >= 15 is 0 Å². The molecule has 0 amide bonds. The van der Waals surface area contributed by atoms with Crippen LogP contribution in [0.25, 0.3) is 0 Å². The molecule has 0 unspecified atom stereocenters. The van der Waals surface area contributed by atoms with E-state index in [1.165, 1.54) is 11.3 Å². The number of nitrogens with zero attached hydrogens (tertiary/aromatic N) is 1. The number of nitriles is 1. The molecule has 0 spiro atoms. The maximum atomic E-state index is 8.34. The van der Waals surface area contributed by atoms with Crippen molar-refractivity contribution in [3.05, 3.63) is 17.0 Å². The van der Waals surface area contributed by atoms with E-state index in [1.54, 1.807) is 12.1 Å². The minimum atomic E-state index is 0. The molecule has 1 heterocycles. The zero-order chi connectivity index (χ0) is 6.69. The van der Waals surface area contributed by atoms with Crippen molar-refractivity contribution in [1.82, 2.24) is 0 Å². The normalized spacial score (nSPS) is 7.60. The van der Waals surface area contributed by atoms with Gasteiger partial charge in [0.25, 0.3) is 0 Å². The second-order valence-corrected chi connectivity index (χ2v) is 2.50. The van der Waals surface area contributed by atoms with E-state index in [2.05, 4.69) is 5.43 Å². The molecule has 5 heteroatoms. The molecule has 54 valence electrons. The first-order valence-electron chi connectivity index (χ1n) is 2.33. The van der Waals surface area contributed by atoms with Crippen molar-refractivity contribution in [2.24, 2.45) is 5.84 Å². The molecule has 3 N–H and O–H groups in total. The highest BCUT2D eigenvalue weighted by Gasteiger charge is 1.93. The number of nitrogens with one attached hydrogen (secondary N) is 1. The lowest BCUT2D eigenvalue weighted by atomic mass is 10.5. The van der Waals surface area contributed by atoms with Crippen molar-refractivity contribution in [1.29, 1.82) is 5.26 Å². The Bertz CT molecular complexity index is 239. The lowest BCUT2D eigenvalue weighted by Crippen LogP contribution is -2.03. The van der Waals surface area contributed by atoms with Crippen LogP contribution in [0.5, 0.6) is 0 Å². The molecule has 3 nitrogen and oxygen atoms in total. The zero-order valence-electron chi connectivity index (χ0n) is 5.00. The van der Waals surface area contributed by atoms with Crippen LogP contribution in [-0.4, -0.2) is 0 Å². The van der Waals surface area contributed by atoms with E-state index < -0.39 is 0 Å². The van der Waals surface area contributed by atoms with Gasteiger partial charge in [-0.1, -0.05) is 0 Å². The molecular formula is C5H6ClN3S. The molecule has 10 heavy (non-hydrogen) atoms. The van der Waals surface area contributed by atoms with Crippen LogP contribution in [0.2, 0.25) is 0 Å². The average molecular weight is 176 g/mol. The van der Waals surface area contributed by atoms with Gasteiger partial charge >= 0.3 is 0 Å². The standard InChI is InChI=1S/C5H5N3S.ClH/c6-3-4-1-2-5(8-7)9-4;/h1-2,8H,7H2;1H. The minimum Gasteiger partial charge on any atom is -0.315 e. The first-order valence-corrected chi connectivity index (χ1v) is 3.15. The fraction of sp³-hybridized carbons (Fsp3) is 0. The van der Waals surface area contributed by atoms with Gasteiger partial charge in [-0.05, 0) is 12.1 Å². The zero-order valence-corrected chi connectivity index (χ0v) is 6.63. The van der Waals surface area contributed by atoms with E-state index in [0.717, 1.165) is 5.00 Å². The topological polar surface area (TPSA) is 61.8 Å². The quantitative estimate of drug-likeness (QED) is 0.500. The van der Waals surface area contributed by atoms with Gasteiger partial charge in [-0.25, -0.2) is 5.84 Å². The van der Waals surface area contributed by atoms with Crippen LogP contribution in [0, 0.1) is 11.3 Å². The van der Waals surface area contributed by atoms with Gasteiger partial charge in [-0.15, -0.1) is 23.7 Å². The van der Waals surface area contributed by atoms with Crippen molar-refractivity contribution in [3.63, 3.8) is 0 Å². The number of hydrogen-bond donors (Lipinski definition) is 2. The summed E-state index contributed by atoms with van der Waals surface area (Å²) in [6.07, 6.45) is 0. The minimum absolute atomic E-state index is 0. The highest BCUT2D eigenvalue weighted by atomic mass is 35.5. The Morgan fingerprint density at radius 1 is 1.60 bits per heavy atom. The van der Waals surface area contributed by atoms with Crippen LogP contribution in [0.15, 0.2) is 12.1 Å². The molecule has 0 atom stereocenters.